The maximum absolute atomic E-state index is 13.1. The summed E-state index contributed by atoms with van der Waals surface area (Å²) in [6, 6.07) is 0. The van der Waals surface area contributed by atoms with Gasteiger partial charge in [0, 0.05) is 36.9 Å². The molecule has 0 aromatic carbocycles. The molecule has 4 N–H and O–H groups in total. The molecular formula is C33H54O8. The maximum Gasteiger partial charge on any atom is 0.334 e. The molecule has 2 rings (SSSR count). The molecule has 8 heteroatoms. The lowest BCUT2D eigenvalue weighted by molar-refractivity contribution is -0.146. The lowest BCUT2D eigenvalue weighted by Gasteiger charge is -2.32. The highest BCUT2D eigenvalue weighted by atomic mass is 16.6. The minimum atomic E-state index is -0.760. The first-order valence-electron chi connectivity index (χ1n) is 15.1. The minimum absolute atomic E-state index is 0.0436. The van der Waals surface area contributed by atoms with Crippen LogP contribution in [0.15, 0.2) is 47.6 Å². The summed E-state index contributed by atoms with van der Waals surface area (Å²) in [6.07, 6.45) is 8.91. The smallest absolute Gasteiger partial charge is 0.334 e. The summed E-state index contributed by atoms with van der Waals surface area (Å²) in [5, 5.41) is 42.7. The van der Waals surface area contributed by atoms with E-state index in [0.717, 1.165) is 5.57 Å². The van der Waals surface area contributed by atoms with Crippen molar-refractivity contribution in [3.05, 3.63) is 47.6 Å². The first-order valence-corrected chi connectivity index (χ1v) is 15.1. The average Bonchev–Trinajstić information content (AvgIpc) is 3.74. The van der Waals surface area contributed by atoms with Gasteiger partial charge in [0.15, 0.2) is 0 Å². The average molecular weight is 579 g/mol. The predicted molar refractivity (Wildman–Crippen MR) is 160 cm³/mol. The van der Waals surface area contributed by atoms with E-state index >= 15 is 0 Å². The molecule has 2 aliphatic rings. The zero-order valence-corrected chi connectivity index (χ0v) is 26.1. The van der Waals surface area contributed by atoms with Crippen molar-refractivity contribution < 1.29 is 39.4 Å². The van der Waals surface area contributed by atoms with Gasteiger partial charge in [-0.3, -0.25) is 0 Å². The van der Waals surface area contributed by atoms with Gasteiger partial charge >= 0.3 is 5.97 Å². The first kappa shape index (κ1) is 35.4. The van der Waals surface area contributed by atoms with Gasteiger partial charge in [-0.1, -0.05) is 63.6 Å². The van der Waals surface area contributed by atoms with Crippen molar-refractivity contribution in [2.75, 3.05) is 7.11 Å². The quantitative estimate of drug-likeness (QED) is 0.236. The Morgan fingerprint density at radius 1 is 0.976 bits per heavy atom. The number of methoxy groups -OCH3 is 1. The molecule has 8 nitrogen and oxygen atoms in total. The number of aliphatic hydroxyl groups excluding tert-OH is 4. The summed E-state index contributed by atoms with van der Waals surface area (Å²) in [5.74, 6) is -1.14. The van der Waals surface area contributed by atoms with Crippen LogP contribution in [0, 0.1) is 23.7 Å². The fourth-order valence-corrected chi connectivity index (χ4v) is 5.41. The van der Waals surface area contributed by atoms with Crippen molar-refractivity contribution in [3.63, 3.8) is 0 Å². The SMILES string of the molecule is COC(C)C(C)C(O)C(C)C(O)CCC(C)C1C/C=C\C=C/CC(O)C2OC2C(O)C(C)/C=C(C)\C=C(\C)C(=O)O1. The molecule has 0 aromatic heterocycles. The molecular weight excluding hydrogens is 524 g/mol. The first-order chi connectivity index (χ1) is 19.3. The van der Waals surface area contributed by atoms with E-state index < -0.39 is 48.7 Å². The normalized spacial score (nSPS) is 36.7. The molecule has 0 saturated carbocycles. The molecule has 0 amide bonds. The number of hydrogen-bond acceptors (Lipinski definition) is 8. The van der Waals surface area contributed by atoms with Gasteiger partial charge in [0.1, 0.15) is 18.3 Å². The third-order valence-electron chi connectivity index (χ3n) is 8.84. The fourth-order valence-electron chi connectivity index (χ4n) is 5.41. The van der Waals surface area contributed by atoms with Crippen molar-refractivity contribution >= 4 is 5.97 Å². The summed E-state index contributed by atoms with van der Waals surface area (Å²) >= 11 is 0. The molecule has 0 bridgehead atoms. The Hall–Kier alpha value is -1.81. The van der Waals surface area contributed by atoms with E-state index in [1.54, 1.807) is 20.1 Å². The zero-order valence-electron chi connectivity index (χ0n) is 26.1. The van der Waals surface area contributed by atoms with Crippen LogP contribution in [0.2, 0.25) is 0 Å². The van der Waals surface area contributed by atoms with Crippen LogP contribution >= 0.6 is 0 Å². The second kappa shape index (κ2) is 16.7. The lowest BCUT2D eigenvalue weighted by Crippen LogP contribution is -2.39. The van der Waals surface area contributed by atoms with Crippen molar-refractivity contribution in [3.8, 4) is 0 Å². The summed E-state index contributed by atoms with van der Waals surface area (Å²) < 4.78 is 16.9. The number of ether oxygens (including phenoxy) is 3. The van der Waals surface area contributed by atoms with Gasteiger partial charge in [-0.05, 0) is 52.0 Å². The van der Waals surface area contributed by atoms with Crippen LogP contribution in [0.5, 0.6) is 0 Å². The zero-order chi connectivity index (χ0) is 30.9. The number of hydrogen-bond donors (Lipinski definition) is 4. The number of aliphatic hydroxyl groups is 4. The molecule has 0 aliphatic carbocycles. The standard InChI is InChI=1S/C33H54O8/c1-19-17-21(3)29(36)32-31(41-32)27(35)13-11-9-10-12-14-28(40-33(38)22(4)18-19)20(2)15-16-26(34)24(6)30(37)23(5)25(7)39-8/h9-12,17-18,20-21,23-32,34-37H,13-16H2,1-8H3/b11-9-,12-10-,19-17-,22-18-. The number of fused-ring (bicyclic) bond motifs is 1. The van der Waals surface area contributed by atoms with E-state index in [1.165, 1.54) is 0 Å². The molecule has 41 heavy (non-hydrogen) atoms. The number of rotatable bonds is 9. The topological polar surface area (TPSA) is 129 Å². The summed E-state index contributed by atoms with van der Waals surface area (Å²) in [4.78, 5) is 13.1. The van der Waals surface area contributed by atoms with Crippen molar-refractivity contribution in [2.24, 2.45) is 23.7 Å². The fraction of sp³-hybridized carbons (Fsp3) is 0.727. The number of carbonyl (C=O) groups excluding carboxylic acids is 1. The Balaban J connectivity index is 2.14. The van der Waals surface area contributed by atoms with Gasteiger partial charge in [0.25, 0.3) is 0 Å². The van der Waals surface area contributed by atoms with Gasteiger partial charge in [0.05, 0.1) is 30.5 Å². The molecule has 2 heterocycles. The van der Waals surface area contributed by atoms with E-state index in [2.05, 4.69) is 0 Å². The van der Waals surface area contributed by atoms with Gasteiger partial charge in [-0.2, -0.15) is 0 Å². The third-order valence-corrected chi connectivity index (χ3v) is 8.84. The van der Waals surface area contributed by atoms with Crippen LogP contribution in [0.3, 0.4) is 0 Å². The van der Waals surface area contributed by atoms with Crippen molar-refractivity contribution in [1.82, 2.24) is 0 Å². The third kappa shape index (κ3) is 10.8. The van der Waals surface area contributed by atoms with Crippen LogP contribution in [-0.2, 0) is 19.0 Å². The number of epoxide rings is 1. The molecule has 0 aromatic rings. The molecule has 1 fully saturated rings. The molecule has 2 aliphatic heterocycles. The molecule has 12 unspecified atom stereocenters. The van der Waals surface area contributed by atoms with E-state index in [9.17, 15) is 25.2 Å². The Morgan fingerprint density at radius 3 is 2.24 bits per heavy atom. The van der Waals surface area contributed by atoms with E-state index in [4.69, 9.17) is 14.2 Å². The maximum atomic E-state index is 13.1. The predicted octanol–water partition coefficient (Wildman–Crippen LogP) is 4.27. The minimum Gasteiger partial charge on any atom is -0.458 e. The number of esters is 1. The highest BCUT2D eigenvalue weighted by molar-refractivity contribution is 5.88. The van der Waals surface area contributed by atoms with E-state index in [0.29, 0.717) is 31.3 Å². The summed E-state index contributed by atoms with van der Waals surface area (Å²) in [6.45, 7) is 13.1. The molecule has 0 spiro atoms. The summed E-state index contributed by atoms with van der Waals surface area (Å²) in [7, 11) is 1.61. The monoisotopic (exact) mass is 578 g/mol. The van der Waals surface area contributed by atoms with E-state index in [1.807, 2.05) is 71.9 Å². The Morgan fingerprint density at radius 2 is 1.61 bits per heavy atom. The van der Waals surface area contributed by atoms with Gasteiger partial charge in [0.2, 0.25) is 0 Å². The molecule has 1 saturated heterocycles. The van der Waals surface area contributed by atoms with Crippen LogP contribution in [0.1, 0.15) is 74.1 Å². The second-order valence-corrected chi connectivity index (χ2v) is 12.3. The number of carbonyl (C=O) groups is 1. The van der Waals surface area contributed by atoms with Gasteiger partial charge in [-0.25, -0.2) is 4.79 Å². The van der Waals surface area contributed by atoms with Gasteiger partial charge in [-0.15, -0.1) is 0 Å². The lowest BCUT2D eigenvalue weighted by atomic mass is 9.83. The molecule has 234 valence electrons. The number of cyclic esters (lactones) is 1. The second-order valence-electron chi connectivity index (χ2n) is 12.3. The molecule has 0 radical (unpaired) electrons. The van der Waals surface area contributed by atoms with Crippen LogP contribution in [0.25, 0.3) is 0 Å². The Labute approximate surface area is 246 Å². The van der Waals surface area contributed by atoms with Gasteiger partial charge < -0.3 is 34.6 Å². The highest BCUT2D eigenvalue weighted by Crippen LogP contribution is 2.34. The van der Waals surface area contributed by atoms with Crippen molar-refractivity contribution in [1.29, 1.82) is 0 Å². The van der Waals surface area contributed by atoms with Crippen LogP contribution < -0.4 is 0 Å². The highest BCUT2D eigenvalue weighted by Gasteiger charge is 2.49. The van der Waals surface area contributed by atoms with E-state index in [-0.39, 0.29) is 29.8 Å². The largest absolute Gasteiger partial charge is 0.458 e. The van der Waals surface area contributed by atoms with Crippen LogP contribution in [0.4, 0.5) is 0 Å². The Kier molecular flexibility index (Phi) is 14.4. The Bertz CT molecular complexity index is 940. The number of allylic oxidation sites excluding steroid dienone is 4. The van der Waals surface area contributed by atoms with Crippen molar-refractivity contribution in [2.45, 2.75) is 123 Å². The molecule has 12 atom stereocenters. The van der Waals surface area contributed by atoms with Crippen LogP contribution in [-0.4, -0.2) is 82.3 Å². The summed E-state index contributed by atoms with van der Waals surface area (Å²) in [5.41, 5.74) is 1.28.